The summed E-state index contributed by atoms with van der Waals surface area (Å²) < 4.78 is 38.3. The molecule has 21 heavy (non-hydrogen) atoms. The van der Waals surface area contributed by atoms with Crippen molar-refractivity contribution in [3.63, 3.8) is 0 Å². The molecule has 0 N–H and O–H groups in total. The number of alkyl halides is 3. The van der Waals surface area contributed by atoms with Crippen LogP contribution < -0.4 is 4.90 Å². The van der Waals surface area contributed by atoms with Crippen LogP contribution in [0.4, 0.5) is 24.7 Å². The van der Waals surface area contributed by atoms with Crippen LogP contribution in [0.25, 0.3) is 0 Å². The summed E-state index contributed by atoms with van der Waals surface area (Å²) >= 11 is 0. The maximum atomic E-state index is 12.8. The second-order valence-corrected chi connectivity index (χ2v) is 4.58. The highest BCUT2D eigenvalue weighted by Crippen LogP contribution is 2.32. The molecule has 0 aliphatic carbocycles. The Bertz CT molecular complexity index is 702. The lowest BCUT2D eigenvalue weighted by molar-refractivity contribution is -0.141. The predicted molar refractivity (Wildman–Crippen MR) is 73.2 cm³/mol. The Labute approximate surface area is 120 Å². The monoisotopic (exact) mass is 291 g/mol. The number of rotatable bonds is 2. The number of halogens is 3. The van der Waals surface area contributed by atoms with Crippen LogP contribution >= 0.6 is 0 Å². The maximum Gasteiger partial charge on any atom is 0.433 e. The van der Waals surface area contributed by atoms with Crippen molar-refractivity contribution in [3.8, 4) is 6.07 Å². The van der Waals surface area contributed by atoms with Gasteiger partial charge in [-0.3, -0.25) is 0 Å². The van der Waals surface area contributed by atoms with Gasteiger partial charge >= 0.3 is 6.18 Å². The fourth-order valence-corrected chi connectivity index (χ4v) is 1.91. The van der Waals surface area contributed by atoms with Crippen LogP contribution in [0.2, 0.25) is 0 Å². The van der Waals surface area contributed by atoms with Crippen molar-refractivity contribution in [2.45, 2.75) is 13.1 Å². The highest BCUT2D eigenvalue weighted by Gasteiger charge is 2.33. The summed E-state index contributed by atoms with van der Waals surface area (Å²) in [7, 11) is 1.58. The molecule has 2 aromatic rings. The van der Waals surface area contributed by atoms with Crippen LogP contribution in [0.1, 0.15) is 16.8 Å². The number of aromatic nitrogens is 1. The van der Waals surface area contributed by atoms with Crippen molar-refractivity contribution in [2.24, 2.45) is 0 Å². The van der Waals surface area contributed by atoms with Gasteiger partial charge in [0.2, 0.25) is 0 Å². The van der Waals surface area contributed by atoms with E-state index in [0.29, 0.717) is 5.69 Å². The van der Waals surface area contributed by atoms with Gasteiger partial charge in [-0.1, -0.05) is 12.1 Å². The molecule has 1 aromatic heterocycles. The molecule has 0 unspecified atom stereocenters. The second kappa shape index (κ2) is 5.44. The minimum absolute atomic E-state index is 0.0158. The van der Waals surface area contributed by atoms with Gasteiger partial charge in [0.05, 0.1) is 5.56 Å². The Balaban J connectivity index is 2.53. The number of aryl methyl sites for hydroxylation is 1. The molecule has 0 bridgehead atoms. The number of nitrogens with zero attached hydrogens (tertiary/aromatic N) is 3. The largest absolute Gasteiger partial charge is 0.433 e. The molecular weight excluding hydrogens is 279 g/mol. The first-order valence-corrected chi connectivity index (χ1v) is 6.11. The molecule has 0 atom stereocenters. The molecule has 0 aliphatic rings. The van der Waals surface area contributed by atoms with Gasteiger partial charge in [-0.2, -0.15) is 18.4 Å². The molecule has 6 heteroatoms. The first-order valence-electron chi connectivity index (χ1n) is 6.11. The summed E-state index contributed by atoms with van der Waals surface area (Å²) in [6, 6.07) is 11.0. The fraction of sp³-hybridized carbons (Fsp3) is 0.200. The maximum absolute atomic E-state index is 12.8. The van der Waals surface area contributed by atoms with Crippen molar-refractivity contribution in [3.05, 3.63) is 53.2 Å². The minimum Gasteiger partial charge on any atom is -0.328 e. The van der Waals surface area contributed by atoms with E-state index in [4.69, 9.17) is 5.26 Å². The van der Waals surface area contributed by atoms with Crippen molar-refractivity contribution in [2.75, 3.05) is 11.9 Å². The van der Waals surface area contributed by atoms with Crippen LogP contribution in [0.3, 0.4) is 0 Å². The predicted octanol–water partition coefficient (Wildman–Crippen LogP) is 4.05. The fourth-order valence-electron chi connectivity index (χ4n) is 1.91. The third-order valence-electron chi connectivity index (χ3n) is 2.99. The molecule has 108 valence electrons. The van der Waals surface area contributed by atoms with E-state index in [2.05, 4.69) is 4.98 Å². The van der Waals surface area contributed by atoms with Gasteiger partial charge in [0.1, 0.15) is 11.8 Å². The van der Waals surface area contributed by atoms with E-state index in [0.717, 1.165) is 17.7 Å². The topological polar surface area (TPSA) is 39.9 Å². The highest BCUT2D eigenvalue weighted by molar-refractivity contribution is 5.65. The minimum atomic E-state index is -4.55. The molecule has 2 rings (SSSR count). The summed E-state index contributed by atoms with van der Waals surface area (Å²) in [4.78, 5) is 5.07. The lowest BCUT2D eigenvalue weighted by atomic mass is 10.2. The summed E-state index contributed by atoms with van der Waals surface area (Å²) in [5.74, 6) is -0.0158. The third-order valence-corrected chi connectivity index (χ3v) is 2.99. The lowest BCUT2D eigenvalue weighted by Gasteiger charge is -2.21. The van der Waals surface area contributed by atoms with Crippen molar-refractivity contribution < 1.29 is 13.2 Å². The molecule has 0 fully saturated rings. The summed E-state index contributed by atoms with van der Waals surface area (Å²) in [5.41, 5.74) is 0.700. The van der Waals surface area contributed by atoms with E-state index in [-0.39, 0.29) is 11.4 Å². The Morgan fingerprint density at radius 1 is 1.19 bits per heavy atom. The van der Waals surface area contributed by atoms with Crippen molar-refractivity contribution in [1.29, 1.82) is 5.26 Å². The molecule has 0 amide bonds. The zero-order chi connectivity index (χ0) is 15.6. The number of pyridine rings is 1. The Morgan fingerprint density at radius 3 is 2.48 bits per heavy atom. The lowest BCUT2D eigenvalue weighted by Crippen LogP contribution is -2.16. The average molecular weight is 291 g/mol. The Morgan fingerprint density at radius 2 is 1.90 bits per heavy atom. The number of benzene rings is 1. The number of anilines is 2. The molecule has 0 spiro atoms. The molecular formula is C15H12F3N3. The first-order chi connectivity index (χ1) is 9.82. The van der Waals surface area contributed by atoms with E-state index < -0.39 is 11.9 Å². The van der Waals surface area contributed by atoms with E-state index in [1.165, 1.54) is 4.90 Å². The Hall–Kier alpha value is -2.55. The van der Waals surface area contributed by atoms with Crippen molar-refractivity contribution >= 4 is 11.5 Å². The third kappa shape index (κ3) is 3.14. The number of hydrogen-bond acceptors (Lipinski definition) is 3. The SMILES string of the molecule is Cc1cccc(N(C)c2nc(C(F)(F)F)ccc2C#N)c1. The standard InChI is InChI=1S/C15H12F3N3/c1-10-4-3-5-12(8-10)21(2)14-11(9-19)6-7-13(20-14)15(16,17)18/h3-8H,1-2H3. The molecule has 0 saturated carbocycles. The normalized spacial score (nSPS) is 11.0. The van der Waals surface area contributed by atoms with Crippen LogP contribution in [0.15, 0.2) is 36.4 Å². The van der Waals surface area contributed by atoms with Gasteiger partial charge in [-0.25, -0.2) is 4.98 Å². The Kier molecular flexibility index (Phi) is 3.85. The molecule has 1 aromatic carbocycles. The van der Waals surface area contributed by atoms with Gasteiger partial charge in [0.25, 0.3) is 0 Å². The zero-order valence-electron chi connectivity index (χ0n) is 11.4. The molecule has 0 saturated heterocycles. The summed E-state index contributed by atoms with van der Waals surface area (Å²) in [6.45, 7) is 1.88. The van der Waals surface area contributed by atoms with E-state index in [1.807, 2.05) is 25.1 Å². The number of hydrogen-bond donors (Lipinski definition) is 0. The van der Waals surface area contributed by atoms with Gasteiger partial charge in [0, 0.05) is 12.7 Å². The van der Waals surface area contributed by atoms with Crippen LogP contribution in [-0.2, 0) is 6.18 Å². The van der Waals surface area contributed by atoms with Crippen LogP contribution in [0.5, 0.6) is 0 Å². The molecule has 0 radical (unpaired) electrons. The van der Waals surface area contributed by atoms with Gasteiger partial charge in [0.15, 0.2) is 5.82 Å². The molecule has 1 heterocycles. The molecule has 3 nitrogen and oxygen atoms in total. The van der Waals surface area contributed by atoms with E-state index >= 15 is 0 Å². The van der Waals surface area contributed by atoms with E-state index in [9.17, 15) is 13.2 Å². The summed E-state index contributed by atoms with van der Waals surface area (Å²) in [6.07, 6.45) is -4.55. The highest BCUT2D eigenvalue weighted by atomic mass is 19.4. The quantitative estimate of drug-likeness (QED) is 0.838. The zero-order valence-corrected chi connectivity index (χ0v) is 11.4. The van der Waals surface area contributed by atoms with E-state index in [1.54, 1.807) is 19.2 Å². The summed E-state index contributed by atoms with van der Waals surface area (Å²) in [5, 5.41) is 9.06. The van der Waals surface area contributed by atoms with Crippen LogP contribution in [-0.4, -0.2) is 12.0 Å². The smallest absolute Gasteiger partial charge is 0.328 e. The van der Waals surface area contributed by atoms with Crippen molar-refractivity contribution in [1.82, 2.24) is 4.98 Å². The van der Waals surface area contributed by atoms with Crippen LogP contribution in [0, 0.1) is 18.3 Å². The first kappa shape index (κ1) is 14.9. The number of nitriles is 1. The van der Waals surface area contributed by atoms with Gasteiger partial charge in [-0.05, 0) is 36.8 Å². The van der Waals surface area contributed by atoms with Gasteiger partial charge < -0.3 is 4.90 Å². The molecule has 0 aliphatic heterocycles. The van der Waals surface area contributed by atoms with Gasteiger partial charge in [-0.15, -0.1) is 0 Å². The second-order valence-electron chi connectivity index (χ2n) is 4.58. The average Bonchev–Trinajstić information content (AvgIpc) is 2.44.